The highest BCUT2D eigenvalue weighted by atomic mass is 35.5. The Bertz CT molecular complexity index is 1290. The molecular formula is C23H19Cl2N5O3. The Labute approximate surface area is 200 Å². The molecule has 1 heterocycles. The first-order chi connectivity index (χ1) is 15.9. The first-order valence-corrected chi connectivity index (χ1v) is 10.4. The van der Waals surface area contributed by atoms with Crippen LogP contribution in [0, 0.1) is 22.7 Å². The lowest BCUT2D eigenvalue weighted by Crippen LogP contribution is -2.07. The van der Waals surface area contributed by atoms with Crippen molar-refractivity contribution in [1.82, 2.24) is 9.78 Å². The van der Waals surface area contributed by atoms with Crippen molar-refractivity contribution in [2.24, 2.45) is 0 Å². The molecule has 3 N–H and O–H groups in total. The van der Waals surface area contributed by atoms with Crippen molar-refractivity contribution in [3.63, 3.8) is 0 Å². The summed E-state index contributed by atoms with van der Waals surface area (Å²) in [5.41, 5.74) is 7.46. The molecule has 3 aromatic rings. The third-order valence-corrected chi connectivity index (χ3v) is 5.29. The molecule has 0 unspecified atom stereocenters. The van der Waals surface area contributed by atoms with Crippen LogP contribution in [0.1, 0.15) is 22.4 Å². The highest BCUT2D eigenvalue weighted by molar-refractivity contribution is 6.35. The zero-order valence-electron chi connectivity index (χ0n) is 17.5. The predicted octanol–water partition coefficient (Wildman–Crippen LogP) is 4.29. The molecule has 2 aromatic carbocycles. The molecule has 8 nitrogen and oxygen atoms in total. The van der Waals surface area contributed by atoms with Gasteiger partial charge in [0.05, 0.1) is 25.8 Å². The lowest BCUT2D eigenvalue weighted by Gasteiger charge is -2.14. The van der Waals surface area contributed by atoms with Gasteiger partial charge in [-0.05, 0) is 24.3 Å². The molecule has 0 atom stereocenters. The van der Waals surface area contributed by atoms with Gasteiger partial charge >= 0.3 is 0 Å². The number of nitrogens with two attached hydrogens (primary N) is 1. The Kier molecular flexibility index (Phi) is 7.81. The zero-order chi connectivity index (χ0) is 24.0. The summed E-state index contributed by atoms with van der Waals surface area (Å²) in [5, 5.41) is 33.8. The molecule has 0 aliphatic carbocycles. The number of allylic oxidation sites excluding steroid dienone is 1. The lowest BCUT2D eigenvalue weighted by molar-refractivity contribution is 0.270. The Morgan fingerprint density at radius 1 is 1.27 bits per heavy atom. The first-order valence-electron chi connectivity index (χ1n) is 9.66. The molecule has 1 aromatic heterocycles. The minimum Gasteiger partial charge on any atom is -0.493 e. The molecule has 0 saturated carbocycles. The molecule has 0 aliphatic heterocycles. The minimum atomic E-state index is -0.219. The van der Waals surface area contributed by atoms with Crippen LogP contribution in [0.5, 0.6) is 11.5 Å². The lowest BCUT2D eigenvalue weighted by atomic mass is 10.0. The van der Waals surface area contributed by atoms with E-state index in [0.29, 0.717) is 32.7 Å². The number of nitrogens with zero attached hydrogens (tertiary/aromatic N) is 4. The van der Waals surface area contributed by atoms with E-state index in [0.717, 1.165) is 0 Å². The van der Waals surface area contributed by atoms with Crippen molar-refractivity contribution in [3.8, 4) is 23.6 Å². The van der Waals surface area contributed by atoms with E-state index in [9.17, 15) is 15.6 Å². The fraction of sp³-hybridized carbons (Fsp3) is 0.174. The number of nitriles is 2. The highest BCUT2D eigenvalue weighted by Crippen LogP contribution is 2.35. The third-order valence-electron chi connectivity index (χ3n) is 4.71. The van der Waals surface area contributed by atoms with E-state index in [4.69, 9.17) is 38.4 Å². The Morgan fingerprint density at radius 3 is 2.70 bits per heavy atom. The molecule has 0 fully saturated rings. The van der Waals surface area contributed by atoms with Gasteiger partial charge in [-0.2, -0.15) is 15.6 Å². The second-order valence-corrected chi connectivity index (χ2v) is 7.58. The molecule has 0 spiro atoms. The standard InChI is InChI=1S/C23H19Cl2N5O3/c1-32-20-4-2-3-14(22(20)33-13-15-5-6-17(24)10-19(15)25)9-16(11-26)21-18(12-27)23(28)30(29-21)7-8-31/h2-6,9-10,31H,7-8,13,28H2,1H3. The van der Waals surface area contributed by atoms with E-state index in [2.05, 4.69) is 11.2 Å². The van der Waals surface area contributed by atoms with Gasteiger partial charge in [-0.1, -0.05) is 41.4 Å². The number of aliphatic hydroxyl groups is 1. The average Bonchev–Trinajstić information content (AvgIpc) is 3.12. The summed E-state index contributed by atoms with van der Waals surface area (Å²) >= 11 is 12.2. The van der Waals surface area contributed by atoms with Gasteiger partial charge in [-0.3, -0.25) is 0 Å². The van der Waals surface area contributed by atoms with Gasteiger partial charge < -0.3 is 20.3 Å². The van der Waals surface area contributed by atoms with Gasteiger partial charge in [0.15, 0.2) is 11.5 Å². The van der Waals surface area contributed by atoms with Crippen molar-refractivity contribution >= 4 is 40.7 Å². The number of anilines is 1. The van der Waals surface area contributed by atoms with Gasteiger partial charge in [0.2, 0.25) is 0 Å². The molecule has 10 heteroatoms. The van der Waals surface area contributed by atoms with Crippen LogP contribution in [0.3, 0.4) is 0 Å². The zero-order valence-corrected chi connectivity index (χ0v) is 19.1. The van der Waals surface area contributed by atoms with E-state index < -0.39 is 0 Å². The number of nitrogen functional groups attached to an aromatic ring is 1. The molecule has 0 aliphatic rings. The van der Waals surface area contributed by atoms with Gasteiger partial charge in [0.1, 0.15) is 35.8 Å². The van der Waals surface area contributed by atoms with Crippen LogP contribution in [0.2, 0.25) is 10.0 Å². The Morgan fingerprint density at radius 2 is 2.06 bits per heavy atom. The largest absolute Gasteiger partial charge is 0.493 e. The summed E-state index contributed by atoms with van der Waals surface area (Å²) in [4.78, 5) is 0. The van der Waals surface area contributed by atoms with Gasteiger partial charge in [-0.25, -0.2) is 4.68 Å². The second-order valence-electron chi connectivity index (χ2n) is 6.74. The number of para-hydroxylation sites is 1. The number of hydrogen-bond donors (Lipinski definition) is 2. The molecule has 168 valence electrons. The fourth-order valence-corrected chi connectivity index (χ4v) is 3.56. The molecule has 0 radical (unpaired) electrons. The Hall–Kier alpha value is -3.69. The monoisotopic (exact) mass is 483 g/mol. The van der Waals surface area contributed by atoms with Crippen LogP contribution in [-0.2, 0) is 13.2 Å². The van der Waals surface area contributed by atoms with E-state index in [1.807, 2.05) is 6.07 Å². The summed E-state index contributed by atoms with van der Waals surface area (Å²) < 4.78 is 12.7. The van der Waals surface area contributed by atoms with Crippen molar-refractivity contribution in [2.75, 3.05) is 19.5 Å². The van der Waals surface area contributed by atoms with Crippen LogP contribution in [0.25, 0.3) is 11.6 Å². The number of benzene rings is 2. The fourth-order valence-electron chi connectivity index (χ4n) is 3.10. The smallest absolute Gasteiger partial charge is 0.168 e. The third kappa shape index (κ3) is 5.21. The van der Waals surface area contributed by atoms with Crippen LogP contribution >= 0.6 is 23.2 Å². The van der Waals surface area contributed by atoms with Crippen LogP contribution in [0.15, 0.2) is 36.4 Å². The maximum atomic E-state index is 9.81. The number of aromatic nitrogens is 2. The topological polar surface area (TPSA) is 130 Å². The highest BCUT2D eigenvalue weighted by Gasteiger charge is 2.20. The quantitative estimate of drug-likeness (QED) is 0.456. The average molecular weight is 484 g/mol. The number of hydrogen-bond acceptors (Lipinski definition) is 7. The summed E-state index contributed by atoms with van der Waals surface area (Å²) in [6, 6.07) is 14.3. The summed E-state index contributed by atoms with van der Waals surface area (Å²) in [6.07, 6.45) is 1.53. The van der Waals surface area contributed by atoms with Crippen molar-refractivity contribution in [2.45, 2.75) is 13.2 Å². The summed E-state index contributed by atoms with van der Waals surface area (Å²) in [7, 11) is 1.50. The molecule has 33 heavy (non-hydrogen) atoms. The minimum absolute atomic E-state index is 0.0505. The molecule has 3 rings (SSSR count). The number of aliphatic hydroxyl groups excluding tert-OH is 1. The van der Waals surface area contributed by atoms with Crippen molar-refractivity contribution in [1.29, 1.82) is 10.5 Å². The van der Waals surface area contributed by atoms with Gasteiger partial charge in [-0.15, -0.1) is 0 Å². The maximum Gasteiger partial charge on any atom is 0.168 e. The number of rotatable bonds is 8. The maximum absolute atomic E-state index is 9.81. The van der Waals surface area contributed by atoms with Crippen LogP contribution in [0.4, 0.5) is 5.82 Å². The van der Waals surface area contributed by atoms with Crippen LogP contribution < -0.4 is 15.2 Å². The normalized spacial score (nSPS) is 11.0. The van der Waals surface area contributed by atoms with E-state index in [1.54, 1.807) is 36.4 Å². The summed E-state index contributed by atoms with van der Waals surface area (Å²) in [6.45, 7) is -0.00185. The molecule has 0 bridgehead atoms. The van der Waals surface area contributed by atoms with Crippen LogP contribution in [-0.4, -0.2) is 28.6 Å². The van der Waals surface area contributed by atoms with Gasteiger partial charge in [0, 0.05) is 21.2 Å². The van der Waals surface area contributed by atoms with Gasteiger partial charge in [0.25, 0.3) is 0 Å². The molecule has 0 amide bonds. The number of ether oxygens (including phenoxy) is 2. The number of halogens is 2. The SMILES string of the molecule is COc1cccc(C=C(C#N)c2nn(CCO)c(N)c2C#N)c1OCc1ccc(Cl)cc1Cl. The molecular weight excluding hydrogens is 465 g/mol. The first kappa shape index (κ1) is 24.0. The predicted molar refractivity (Wildman–Crippen MR) is 126 cm³/mol. The van der Waals surface area contributed by atoms with E-state index >= 15 is 0 Å². The van der Waals surface area contributed by atoms with Crippen molar-refractivity contribution < 1.29 is 14.6 Å². The summed E-state index contributed by atoms with van der Waals surface area (Å²) in [5.74, 6) is 0.888. The van der Waals surface area contributed by atoms with E-state index in [-0.39, 0.29) is 42.4 Å². The van der Waals surface area contributed by atoms with Crippen molar-refractivity contribution in [3.05, 3.63) is 68.8 Å². The second kappa shape index (κ2) is 10.8. The Balaban J connectivity index is 2.05. The van der Waals surface area contributed by atoms with E-state index in [1.165, 1.54) is 17.9 Å². The molecule has 0 saturated heterocycles. The number of methoxy groups -OCH3 is 1.